The molecule has 0 saturated carbocycles. The Labute approximate surface area is 84.0 Å². The van der Waals surface area contributed by atoms with Crippen LogP contribution in [-0.4, -0.2) is 18.2 Å². The minimum atomic E-state index is -3.47. The summed E-state index contributed by atoms with van der Waals surface area (Å²) in [7, 11) is -1.71. The average molecular weight is 217 g/mol. The second-order valence-corrected chi connectivity index (χ2v) is 5.29. The Morgan fingerprint density at radius 3 is 2.57 bits per heavy atom. The highest BCUT2D eigenvalue weighted by molar-refractivity contribution is 7.88. The Balaban J connectivity index is 3.08. The summed E-state index contributed by atoms with van der Waals surface area (Å²) in [6, 6.07) is 0. The van der Waals surface area contributed by atoms with Crippen LogP contribution in [0.2, 0.25) is 0 Å². The van der Waals surface area contributed by atoms with Gasteiger partial charge in [0.1, 0.15) is 0 Å². The molecule has 1 heterocycles. The van der Waals surface area contributed by atoms with Crippen molar-refractivity contribution in [1.82, 2.24) is 9.78 Å². The summed E-state index contributed by atoms with van der Waals surface area (Å²) < 4.78 is 23.5. The third-order valence-corrected chi connectivity index (χ3v) is 2.55. The number of nitrogens with zero attached hydrogens (tertiary/aromatic N) is 2. The van der Waals surface area contributed by atoms with Crippen LogP contribution in [0, 0.1) is 0 Å². The first-order chi connectivity index (χ1) is 6.29. The molecule has 0 saturated heterocycles. The summed E-state index contributed by atoms with van der Waals surface area (Å²) in [5.74, 6) is 0.0573. The number of aryl methyl sites for hydroxylation is 1. The molecule has 6 heteroatoms. The van der Waals surface area contributed by atoms with E-state index in [2.05, 4.69) is 5.10 Å². The normalized spacial score (nSPS) is 12.4. The summed E-state index contributed by atoms with van der Waals surface area (Å²) in [5, 5.41) is 9.17. The van der Waals surface area contributed by atoms with Crippen LogP contribution in [0.5, 0.6) is 0 Å². The molecule has 1 aromatic rings. The van der Waals surface area contributed by atoms with Gasteiger partial charge in [0.15, 0.2) is 0 Å². The smallest absolute Gasteiger partial charge is 0.213 e. The van der Waals surface area contributed by atoms with Gasteiger partial charge in [0.05, 0.1) is 11.4 Å². The van der Waals surface area contributed by atoms with E-state index in [1.807, 2.05) is 13.8 Å². The van der Waals surface area contributed by atoms with Gasteiger partial charge in [0.25, 0.3) is 0 Å². The van der Waals surface area contributed by atoms with E-state index in [4.69, 9.17) is 5.14 Å². The third kappa shape index (κ3) is 2.81. The largest absolute Gasteiger partial charge is 0.275 e. The highest BCUT2D eigenvalue weighted by atomic mass is 32.2. The molecule has 0 aliphatic heterocycles. The van der Waals surface area contributed by atoms with Crippen molar-refractivity contribution in [3.05, 3.63) is 17.5 Å². The molecule has 0 radical (unpaired) electrons. The molecule has 0 aliphatic rings. The molecular weight excluding hydrogens is 202 g/mol. The van der Waals surface area contributed by atoms with Crippen molar-refractivity contribution in [2.24, 2.45) is 12.2 Å². The number of nitrogens with two attached hydrogens (primary N) is 1. The average Bonchev–Trinajstić information content (AvgIpc) is 2.27. The fourth-order valence-corrected chi connectivity index (χ4v) is 2.02. The molecule has 80 valence electrons. The van der Waals surface area contributed by atoms with Crippen molar-refractivity contribution >= 4 is 10.0 Å². The van der Waals surface area contributed by atoms with E-state index >= 15 is 0 Å². The molecule has 1 aromatic heterocycles. The van der Waals surface area contributed by atoms with Gasteiger partial charge >= 0.3 is 0 Å². The molecule has 0 spiro atoms. The molecule has 0 unspecified atom stereocenters. The van der Waals surface area contributed by atoms with Gasteiger partial charge in [-0.2, -0.15) is 5.10 Å². The van der Waals surface area contributed by atoms with Gasteiger partial charge < -0.3 is 0 Å². The predicted octanol–water partition coefficient (Wildman–Crippen LogP) is 0.332. The lowest BCUT2D eigenvalue weighted by atomic mass is 10.1. The van der Waals surface area contributed by atoms with E-state index in [0.717, 1.165) is 5.69 Å². The second-order valence-electron chi connectivity index (χ2n) is 3.68. The SMILES string of the molecule is CC(C)c1nn(C)cc1CS(N)(=O)=O. The zero-order chi connectivity index (χ0) is 10.9. The van der Waals surface area contributed by atoms with Crippen LogP contribution in [0.3, 0.4) is 0 Å². The summed E-state index contributed by atoms with van der Waals surface area (Å²) in [6.45, 7) is 3.93. The molecule has 0 fully saturated rings. The van der Waals surface area contributed by atoms with Crippen molar-refractivity contribution in [3.8, 4) is 0 Å². The number of aromatic nitrogens is 2. The zero-order valence-corrected chi connectivity index (χ0v) is 9.37. The van der Waals surface area contributed by atoms with Gasteiger partial charge in [-0.1, -0.05) is 13.8 Å². The predicted molar refractivity (Wildman–Crippen MR) is 54.1 cm³/mol. The van der Waals surface area contributed by atoms with Crippen molar-refractivity contribution < 1.29 is 8.42 Å². The van der Waals surface area contributed by atoms with E-state index in [0.29, 0.717) is 5.56 Å². The second kappa shape index (κ2) is 3.70. The molecule has 0 atom stereocenters. The monoisotopic (exact) mass is 217 g/mol. The molecule has 0 bridgehead atoms. The van der Waals surface area contributed by atoms with Crippen LogP contribution in [0.25, 0.3) is 0 Å². The standard InChI is InChI=1S/C8H15N3O2S/c1-6(2)8-7(4-11(3)10-8)5-14(9,12)13/h4,6H,5H2,1-3H3,(H2,9,12,13). The Morgan fingerprint density at radius 2 is 2.14 bits per heavy atom. The Morgan fingerprint density at radius 1 is 1.57 bits per heavy atom. The van der Waals surface area contributed by atoms with E-state index in [-0.39, 0.29) is 11.7 Å². The molecule has 0 amide bonds. The van der Waals surface area contributed by atoms with E-state index < -0.39 is 10.0 Å². The summed E-state index contributed by atoms with van der Waals surface area (Å²) in [5.41, 5.74) is 1.48. The van der Waals surface area contributed by atoms with Gasteiger partial charge in [0, 0.05) is 18.8 Å². The minimum absolute atomic E-state index is 0.144. The minimum Gasteiger partial charge on any atom is -0.275 e. The molecule has 14 heavy (non-hydrogen) atoms. The first-order valence-corrected chi connectivity index (χ1v) is 6.04. The Bertz CT molecular complexity index is 420. The van der Waals surface area contributed by atoms with Crippen LogP contribution in [-0.2, 0) is 22.8 Å². The molecular formula is C8H15N3O2S. The maximum absolute atomic E-state index is 10.9. The zero-order valence-electron chi connectivity index (χ0n) is 8.56. The van der Waals surface area contributed by atoms with Crippen LogP contribution in [0.4, 0.5) is 0 Å². The number of hydrogen-bond donors (Lipinski definition) is 1. The lowest BCUT2D eigenvalue weighted by molar-refractivity contribution is 0.596. The number of primary sulfonamides is 1. The van der Waals surface area contributed by atoms with Crippen molar-refractivity contribution in [1.29, 1.82) is 0 Å². The third-order valence-electron chi connectivity index (χ3n) is 1.84. The van der Waals surface area contributed by atoms with Crippen LogP contribution < -0.4 is 5.14 Å². The van der Waals surface area contributed by atoms with E-state index in [1.54, 1.807) is 17.9 Å². The maximum Gasteiger partial charge on any atom is 0.213 e. The van der Waals surface area contributed by atoms with E-state index in [9.17, 15) is 8.42 Å². The van der Waals surface area contributed by atoms with Crippen LogP contribution in [0.1, 0.15) is 31.0 Å². The van der Waals surface area contributed by atoms with Gasteiger partial charge in [-0.25, -0.2) is 13.6 Å². The molecule has 2 N–H and O–H groups in total. The van der Waals surface area contributed by atoms with Crippen molar-refractivity contribution in [2.45, 2.75) is 25.5 Å². The number of sulfonamides is 1. The lowest BCUT2D eigenvalue weighted by Gasteiger charge is -2.03. The Hall–Kier alpha value is -0.880. The highest BCUT2D eigenvalue weighted by Gasteiger charge is 2.15. The quantitative estimate of drug-likeness (QED) is 0.792. The lowest BCUT2D eigenvalue weighted by Crippen LogP contribution is -2.15. The number of rotatable bonds is 3. The van der Waals surface area contributed by atoms with Gasteiger partial charge in [-0.3, -0.25) is 4.68 Å². The molecule has 0 aromatic carbocycles. The summed E-state index contributed by atoms with van der Waals surface area (Å²) in [6.07, 6.45) is 1.69. The van der Waals surface area contributed by atoms with Gasteiger partial charge in [0.2, 0.25) is 10.0 Å². The summed E-state index contributed by atoms with van der Waals surface area (Å²) in [4.78, 5) is 0. The molecule has 1 rings (SSSR count). The van der Waals surface area contributed by atoms with E-state index in [1.165, 1.54) is 0 Å². The highest BCUT2D eigenvalue weighted by Crippen LogP contribution is 2.18. The first-order valence-electron chi connectivity index (χ1n) is 4.32. The van der Waals surface area contributed by atoms with Gasteiger partial charge in [-0.15, -0.1) is 0 Å². The van der Waals surface area contributed by atoms with Crippen molar-refractivity contribution in [3.63, 3.8) is 0 Å². The number of hydrogen-bond acceptors (Lipinski definition) is 3. The molecule has 5 nitrogen and oxygen atoms in total. The summed E-state index contributed by atoms with van der Waals surface area (Å²) >= 11 is 0. The molecule has 0 aliphatic carbocycles. The van der Waals surface area contributed by atoms with Crippen LogP contribution >= 0.6 is 0 Å². The van der Waals surface area contributed by atoms with Gasteiger partial charge in [-0.05, 0) is 5.92 Å². The fourth-order valence-electron chi connectivity index (χ4n) is 1.37. The Kier molecular flexibility index (Phi) is 2.96. The fraction of sp³-hybridized carbons (Fsp3) is 0.625. The van der Waals surface area contributed by atoms with Crippen LogP contribution in [0.15, 0.2) is 6.20 Å². The first kappa shape index (κ1) is 11.2. The topological polar surface area (TPSA) is 78.0 Å². The van der Waals surface area contributed by atoms with Crippen molar-refractivity contribution in [2.75, 3.05) is 0 Å². The maximum atomic E-state index is 10.9.